The molecule has 0 aliphatic rings. The summed E-state index contributed by atoms with van der Waals surface area (Å²) in [4.78, 5) is 0. The molecule has 0 aliphatic carbocycles. The lowest BCUT2D eigenvalue weighted by Crippen LogP contribution is -2.16. The van der Waals surface area contributed by atoms with Crippen molar-refractivity contribution < 1.29 is 4.74 Å². The third kappa shape index (κ3) is 3.74. The van der Waals surface area contributed by atoms with Crippen molar-refractivity contribution >= 4 is 0 Å². The first-order chi connectivity index (χ1) is 8.40. The van der Waals surface area contributed by atoms with Gasteiger partial charge in [0.05, 0.1) is 6.61 Å². The number of benzene rings is 1. The van der Waals surface area contributed by atoms with Gasteiger partial charge in [0.1, 0.15) is 5.75 Å². The van der Waals surface area contributed by atoms with Gasteiger partial charge in [-0.05, 0) is 42.9 Å². The van der Waals surface area contributed by atoms with Crippen molar-refractivity contribution in [2.24, 2.45) is 5.73 Å². The van der Waals surface area contributed by atoms with E-state index in [0.29, 0.717) is 6.54 Å². The summed E-state index contributed by atoms with van der Waals surface area (Å²) in [7, 11) is 0. The standard InChI is InChI=1S/C16H27NO/c1-6-9-18-15-12(2)10-13(7-8-17)11-14(15)16(3,4)5/h10-11H,6-9,17H2,1-5H3. The maximum absolute atomic E-state index is 5.95. The van der Waals surface area contributed by atoms with E-state index in [1.54, 1.807) is 0 Å². The minimum absolute atomic E-state index is 0.0957. The minimum Gasteiger partial charge on any atom is -0.493 e. The molecule has 0 saturated heterocycles. The molecule has 0 radical (unpaired) electrons. The Bertz CT molecular complexity index is 391. The summed E-state index contributed by atoms with van der Waals surface area (Å²) in [6, 6.07) is 4.46. The topological polar surface area (TPSA) is 35.2 Å². The number of hydrogen-bond acceptors (Lipinski definition) is 2. The zero-order valence-corrected chi connectivity index (χ0v) is 12.5. The van der Waals surface area contributed by atoms with Crippen LogP contribution in [0.2, 0.25) is 0 Å². The fourth-order valence-corrected chi connectivity index (χ4v) is 2.11. The largest absolute Gasteiger partial charge is 0.493 e. The fraction of sp³-hybridized carbons (Fsp3) is 0.625. The zero-order chi connectivity index (χ0) is 13.8. The monoisotopic (exact) mass is 249 g/mol. The van der Waals surface area contributed by atoms with Crippen molar-refractivity contribution in [1.82, 2.24) is 0 Å². The summed E-state index contributed by atoms with van der Waals surface area (Å²) in [5.74, 6) is 1.06. The Morgan fingerprint density at radius 3 is 2.39 bits per heavy atom. The highest BCUT2D eigenvalue weighted by molar-refractivity contribution is 5.47. The van der Waals surface area contributed by atoms with Gasteiger partial charge in [0.2, 0.25) is 0 Å². The molecule has 0 saturated carbocycles. The average Bonchev–Trinajstić information content (AvgIpc) is 2.26. The van der Waals surface area contributed by atoms with Crippen molar-refractivity contribution in [3.8, 4) is 5.75 Å². The van der Waals surface area contributed by atoms with Crippen LogP contribution in [-0.4, -0.2) is 13.2 Å². The van der Waals surface area contributed by atoms with Crippen molar-refractivity contribution in [3.05, 3.63) is 28.8 Å². The van der Waals surface area contributed by atoms with Gasteiger partial charge in [0.15, 0.2) is 0 Å². The van der Waals surface area contributed by atoms with Gasteiger partial charge in [-0.15, -0.1) is 0 Å². The molecule has 0 heterocycles. The van der Waals surface area contributed by atoms with Crippen LogP contribution in [0.3, 0.4) is 0 Å². The Morgan fingerprint density at radius 1 is 1.22 bits per heavy atom. The lowest BCUT2D eigenvalue weighted by molar-refractivity contribution is 0.306. The molecule has 2 N–H and O–H groups in total. The van der Waals surface area contributed by atoms with Crippen LogP contribution in [0.1, 0.15) is 50.8 Å². The van der Waals surface area contributed by atoms with Crippen LogP contribution in [-0.2, 0) is 11.8 Å². The molecule has 1 rings (SSSR count). The molecule has 2 nitrogen and oxygen atoms in total. The molecular weight excluding hydrogens is 222 g/mol. The van der Waals surface area contributed by atoms with Crippen LogP contribution in [0.15, 0.2) is 12.1 Å². The van der Waals surface area contributed by atoms with Crippen LogP contribution in [0.4, 0.5) is 0 Å². The lowest BCUT2D eigenvalue weighted by Gasteiger charge is -2.25. The molecule has 1 aromatic carbocycles. The molecule has 0 aromatic heterocycles. The van der Waals surface area contributed by atoms with E-state index in [2.05, 4.69) is 46.8 Å². The van der Waals surface area contributed by atoms with Gasteiger partial charge in [-0.1, -0.05) is 39.8 Å². The van der Waals surface area contributed by atoms with E-state index in [-0.39, 0.29) is 5.41 Å². The fourth-order valence-electron chi connectivity index (χ4n) is 2.11. The van der Waals surface area contributed by atoms with Gasteiger partial charge in [-0.2, -0.15) is 0 Å². The van der Waals surface area contributed by atoms with E-state index in [1.807, 2.05) is 0 Å². The predicted molar refractivity (Wildman–Crippen MR) is 78.4 cm³/mol. The van der Waals surface area contributed by atoms with Crippen molar-refractivity contribution in [2.75, 3.05) is 13.2 Å². The summed E-state index contributed by atoms with van der Waals surface area (Å²) in [5, 5.41) is 0. The molecule has 0 fully saturated rings. The van der Waals surface area contributed by atoms with E-state index < -0.39 is 0 Å². The molecule has 2 heteroatoms. The molecule has 0 amide bonds. The second-order valence-electron chi connectivity index (χ2n) is 5.93. The zero-order valence-electron chi connectivity index (χ0n) is 12.5. The summed E-state index contributed by atoms with van der Waals surface area (Å²) >= 11 is 0. The smallest absolute Gasteiger partial charge is 0.125 e. The third-order valence-corrected chi connectivity index (χ3v) is 3.03. The SMILES string of the molecule is CCCOc1c(C)cc(CCN)cc1C(C)(C)C. The molecule has 0 spiro atoms. The minimum atomic E-state index is 0.0957. The van der Waals surface area contributed by atoms with E-state index in [1.165, 1.54) is 16.7 Å². The molecular formula is C16H27NO. The Labute approximate surface area is 112 Å². The molecule has 102 valence electrons. The maximum Gasteiger partial charge on any atom is 0.125 e. The van der Waals surface area contributed by atoms with E-state index in [4.69, 9.17) is 10.5 Å². The summed E-state index contributed by atoms with van der Waals surface area (Å²) in [6.07, 6.45) is 1.96. The molecule has 1 aromatic rings. The number of ether oxygens (including phenoxy) is 1. The van der Waals surface area contributed by atoms with Crippen molar-refractivity contribution in [1.29, 1.82) is 0 Å². The Hall–Kier alpha value is -1.02. The highest BCUT2D eigenvalue weighted by atomic mass is 16.5. The Morgan fingerprint density at radius 2 is 1.89 bits per heavy atom. The van der Waals surface area contributed by atoms with Gasteiger partial charge in [-0.3, -0.25) is 0 Å². The predicted octanol–water partition coefficient (Wildman–Crippen LogP) is 3.58. The second kappa shape index (κ2) is 6.24. The van der Waals surface area contributed by atoms with Crippen LogP contribution >= 0.6 is 0 Å². The number of hydrogen-bond donors (Lipinski definition) is 1. The van der Waals surface area contributed by atoms with Gasteiger partial charge in [-0.25, -0.2) is 0 Å². The molecule has 0 atom stereocenters. The molecule has 0 bridgehead atoms. The molecule has 0 unspecified atom stereocenters. The first-order valence-corrected chi connectivity index (χ1v) is 6.87. The first-order valence-electron chi connectivity index (χ1n) is 6.87. The summed E-state index contributed by atoms with van der Waals surface area (Å²) in [5.41, 5.74) is 9.57. The van der Waals surface area contributed by atoms with Crippen molar-refractivity contribution in [3.63, 3.8) is 0 Å². The maximum atomic E-state index is 5.95. The number of rotatable bonds is 5. The highest BCUT2D eigenvalue weighted by Crippen LogP contribution is 2.35. The normalized spacial score (nSPS) is 11.7. The van der Waals surface area contributed by atoms with Crippen LogP contribution in [0.5, 0.6) is 5.75 Å². The van der Waals surface area contributed by atoms with E-state index in [0.717, 1.165) is 25.2 Å². The van der Waals surface area contributed by atoms with E-state index in [9.17, 15) is 0 Å². The lowest BCUT2D eigenvalue weighted by atomic mass is 9.83. The molecule has 18 heavy (non-hydrogen) atoms. The van der Waals surface area contributed by atoms with E-state index >= 15 is 0 Å². The van der Waals surface area contributed by atoms with Gasteiger partial charge >= 0.3 is 0 Å². The second-order valence-corrected chi connectivity index (χ2v) is 5.93. The van der Waals surface area contributed by atoms with Crippen molar-refractivity contribution in [2.45, 2.75) is 52.9 Å². The molecule has 0 aliphatic heterocycles. The number of aryl methyl sites for hydroxylation is 1. The number of nitrogens with two attached hydrogens (primary N) is 1. The highest BCUT2D eigenvalue weighted by Gasteiger charge is 2.21. The summed E-state index contributed by atoms with van der Waals surface area (Å²) < 4.78 is 5.95. The van der Waals surface area contributed by atoms with Gasteiger partial charge in [0.25, 0.3) is 0 Å². The van der Waals surface area contributed by atoms with Crippen LogP contribution < -0.4 is 10.5 Å². The van der Waals surface area contributed by atoms with Crippen LogP contribution in [0, 0.1) is 6.92 Å². The third-order valence-electron chi connectivity index (χ3n) is 3.03. The van der Waals surface area contributed by atoms with Gasteiger partial charge < -0.3 is 10.5 Å². The average molecular weight is 249 g/mol. The summed E-state index contributed by atoms with van der Waals surface area (Å²) in [6.45, 7) is 12.4. The Kier molecular flexibility index (Phi) is 5.21. The van der Waals surface area contributed by atoms with Crippen LogP contribution in [0.25, 0.3) is 0 Å². The quantitative estimate of drug-likeness (QED) is 0.865. The first kappa shape index (κ1) is 15.0. The van der Waals surface area contributed by atoms with Gasteiger partial charge in [0, 0.05) is 5.56 Å². The Balaban J connectivity index is 3.22.